The first-order valence-electron chi connectivity index (χ1n) is 10.6. The summed E-state index contributed by atoms with van der Waals surface area (Å²) in [5.74, 6) is -0.689. The third-order valence-electron chi connectivity index (χ3n) is 6.19. The number of carbonyl (C=O) groups excluding carboxylic acids is 3. The van der Waals surface area contributed by atoms with Crippen LogP contribution in [-0.2, 0) is 9.59 Å². The summed E-state index contributed by atoms with van der Waals surface area (Å²) in [5.41, 5.74) is 1.36. The molecule has 1 fully saturated rings. The van der Waals surface area contributed by atoms with Crippen molar-refractivity contribution in [1.82, 2.24) is 4.90 Å². The number of amides is 1. The maximum Gasteiger partial charge on any atom is 0.230 e. The van der Waals surface area contributed by atoms with E-state index in [0.29, 0.717) is 23.4 Å². The lowest BCUT2D eigenvalue weighted by Gasteiger charge is -2.30. The van der Waals surface area contributed by atoms with Crippen LogP contribution in [0.3, 0.4) is 0 Å². The Morgan fingerprint density at radius 2 is 1.90 bits per heavy atom. The molecular weight excluding hydrogens is 430 g/mol. The van der Waals surface area contributed by atoms with Crippen LogP contribution in [0.4, 0.5) is 0 Å². The van der Waals surface area contributed by atoms with Crippen molar-refractivity contribution in [2.75, 3.05) is 13.3 Å². The van der Waals surface area contributed by atoms with Gasteiger partial charge in [-0.25, -0.2) is 0 Å². The minimum atomic E-state index is -0.613. The summed E-state index contributed by atoms with van der Waals surface area (Å²) in [4.78, 5) is 41.3. The molecule has 31 heavy (non-hydrogen) atoms. The topological polar surface area (TPSA) is 54.5 Å². The Hall–Kier alpha value is -2.11. The van der Waals surface area contributed by atoms with Crippen molar-refractivity contribution in [3.05, 3.63) is 64.7 Å². The molecule has 3 atom stereocenters. The van der Waals surface area contributed by atoms with Gasteiger partial charge in [0.2, 0.25) is 5.91 Å². The molecule has 0 aliphatic heterocycles. The summed E-state index contributed by atoms with van der Waals surface area (Å²) in [5, 5.41) is 0.594. The van der Waals surface area contributed by atoms with Crippen LogP contribution in [-0.4, -0.2) is 41.7 Å². The number of halogens is 1. The van der Waals surface area contributed by atoms with Crippen molar-refractivity contribution >= 4 is 40.8 Å². The molecule has 1 aliphatic carbocycles. The van der Waals surface area contributed by atoms with Gasteiger partial charge >= 0.3 is 0 Å². The third kappa shape index (κ3) is 5.39. The summed E-state index contributed by atoms with van der Waals surface area (Å²) in [7, 11) is 1.66. The van der Waals surface area contributed by atoms with Crippen molar-refractivity contribution in [1.29, 1.82) is 0 Å². The summed E-state index contributed by atoms with van der Waals surface area (Å²) >= 11 is 7.97. The molecule has 1 saturated carbocycles. The minimum absolute atomic E-state index is 0.108. The van der Waals surface area contributed by atoms with E-state index in [0.717, 1.165) is 23.3 Å². The third-order valence-corrected chi connectivity index (χ3v) is 7.41. The van der Waals surface area contributed by atoms with Crippen molar-refractivity contribution in [3.63, 3.8) is 0 Å². The highest BCUT2D eigenvalue weighted by Gasteiger charge is 2.35. The molecule has 3 rings (SSSR count). The lowest BCUT2D eigenvalue weighted by atomic mass is 9.86. The number of carbonyl (C=O) groups is 3. The van der Waals surface area contributed by atoms with Gasteiger partial charge in [0, 0.05) is 29.8 Å². The molecule has 1 amide bonds. The van der Waals surface area contributed by atoms with E-state index in [-0.39, 0.29) is 23.4 Å². The highest BCUT2D eigenvalue weighted by atomic mass is 35.5. The van der Waals surface area contributed by atoms with Crippen molar-refractivity contribution < 1.29 is 14.4 Å². The normalized spacial score (nSPS) is 17.9. The lowest BCUT2D eigenvalue weighted by molar-refractivity contribution is -0.133. The number of nitrogens with zero attached hydrogens (tertiary/aromatic N) is 1. The average Bonchev–Trinajstić information content (AvgIpc) is 3.20. The Bertz CT molecular complexity index is 962. The van der Waals surface area contributed by atoms with Gasteiger partial charge in [-0.1, -0.05) is 48.0 Å². The van der Waals surface area contributed by atoms with Gasteiger partial charge in [-0.15, -0.1) is 11.8 Å². The molecule has 0 bridgehead atoms. The van der Waals surface area contributed by atoms with E-state index in [1.165, 1.54) is 4.90 Å². The first-order chi connectivity index (χ1) is 14.8. The number of ketones is 2. The Labute approximate surface area is 193 Å². The molecule has 0 saturated heterocycles. The number of Topliss-reactive ketones (excluding diaryl/α,β-unsaturated/α-hetero) is 2. The lowest BCUT2D eigenvalue weighted by Crippen LogP contribution is -2.43. The maximum atomic E-state index is 13.6. The second-order valence-corrected chi connectivity index (χ2v) is 9.35. The highest BCUT2D eigenvalue weighted by molar-refractivity contribution is 7.98. The maximum absolute atomic E-state index is 13.6. The SMILES string of the molecule is CSc1ccc([C@@H](C[C@H]2CCCC2=O)C(=O)N(C)C(C)C(=O)c2ccccc2)cc1Cl. The Morgan fingerprint density at radius 3 is 2.48 bits per heavy atom. The van der Waals surface area contributed by atoms with Gasteiger partial charge in [-0.05, 0) is 50.1 Å². The summed E-state index contributed by atoms with van der Waals surface area (Å²) in [6.07, 6.45) is 4.65. The molecule has 0 N–H and O–H groups in total. The zero-order valence-corrected chi connectivity index (χ0v) is 19.7. The van der Waals surface area contributed by atoms with E-state index in [1.807, 2.05) is 42.7 Å². The van der Waals surface area contributed by atoms with Crippen LogP contribution in [0.15, 0.2) is 53.4 Å². The average molecular weight is 458 g/mol. The van der Waals surface area contributed by atoms with Crippen LogP contribution in [0.1, 0.15) is 54.4 Å². The molecule has 2 aromatic rings. The number of rotatable bonds is 8. The van der Waals surface area contributed by atoms with E-state index < -0.39 is 12.0 Å². The van der Waals surface area contributed by atoms with Gasteiger partial charge in [0.25, 0.3) is 0 Å². The molecular formula is C25H28ClNO3S. The highest BCUT2D eigenvalue weighted by Crippen LogP contribution is 2.36. The monoisotopic (exact) mass is 457 g/mol. The van der Waals surface area contributed by atoms with Crippen LogP contribution in [0.2, 0.25) is 5.02 Å². The smallest absolute Gasteiger partial charge is 0.230 e. The first kappa shape index (κ1) is 23.6. The van der Waals surface area contributed by atoms with Crippen molar-refractivity contribution in [2.45, 2.75) is 49.5 Å². The van der Waals surface area contributed by atoms with Crippen LogP contribution < -0.4 is 0 Å². The van der Waals surface area contributed by atoms with E-state index in [4.69, 9.17) is 11.6 Å². The number of benzene rings is 2. The zero-order valence-electron chi connectivity index (χ0n) is 18.1. The molecule has 0 heterocycles. The van der Waals surface area contributed by atoms with Gasteiger partial charge in [-0.2, -0.15) is 0 Å². The van der Waals surface area contributed by atoms with Crippen molar-refractivity contribution in [3.8, 4) is 0 Å². The van der Waals surface area contributed by atoms with Gasteiger partial charge < -0.3 is 4.90 Å². The first-order valence-corrected chi connectivity index (χ1v) is 12.2. The summed E-state index contributed by atoms with van der Waals surface area (Å²) in [6, 6.07) is 14.0. The second-order valence-electron chi connectivity index (χ2n) is 8.09. The van der Waals surface area contributed by atoms with Crippen LogP contribution >= 0.6 is 23.4 Å². The Kier molecular flexibility index (Phi) is 7.95. The minimum Gasteiger partial charge on any atom is -0.335 e. The molecule has 0 aromatic heterocycles. The fourth-order valence-corrected chi connectivity index (χ4v) is 5.04. The summed E-state index contributed by atoms with van der Waals surface area (Å²) in [6.45, 7) is 1.74. The predicted octanol–water partition coefficient (Wildman–Crippen LogP) is 5.63. The zero-order chi connectivity index (χ0) is 22.5. The van der Waals surface area contributed by atoms with Crippen LogP contribution in [0, 0.1) is 5.92 Å². The van der Waals surface area contributed by atoms with Crippen LogP contribution in [0.5, 0.6) is 0 Å². The van der Waals surface area contributed by atoms with Crippen LogP contribution in [0.25, 0.3) is 0 Å². The predicted molar refractivity (Wildman–Crippen MR) is 126 cm³/mol. The fourth-order valence-electron chi connectivity index (χ4n) is 4.16. The summed E-state index contributed by atoms with van der Waals surface area (Å²) < 4.78 is 0. The van der Waals surface area contributed by atoms with E-state index in [1.54, 1.807) is 37.9 Å². The number of hydrogen-bond acceptors (Lipinski definition) is 4. The van der Waals surface area contributed by atoms with Crippen molar-refractivity contribution in [2.24, 2.45) is 5.92 Å². The molecule has 2 aromatic carbocycles. The largest absolute Gasteiger partial charge is 0.335 e. The van der Waals surface area contributed by atoms with Gasteiger partial charge in [0.05, 0.1) is 17.0 Å². The molecule has 0 radical (unpaired) electrons. The molecule has 4 nitrogen and oxygen atoms in total. The molecule has 0 spiro atoms. The number of likely N-dealkylation sites (N-methyl/N-ethyl adjacent to an activating group) is 1. The molecule has 1 aliphatic rings. The Morgan fingerprint density at radius 1 is 1.19 bits per heavy atom. The molecule has 6 heteroatoms. The van der Waals surface area contributed by atoms with Gasteiger partial charge in [0.1, 0.15) is 5.78 Å². The second kappa shape index (κ2) is 10.5. The van der Waals surface area contributed by atoms with E-state index >= 15 is 0 Å². The molecule has 164 valence electrons. The van der Waals surface area contributed by atoms with E-state index in [9.17, 15) is 14.4 Å². The quantitative estimate of drug-likeness (QED) is 0.380. The number of hydrogen-bond donors (Lipinski definition) is 0. The standard InChI is InChI=1S/C25H28ClNO3S/c1-16(24(29)17-8-5-4-6-9-17)27(2)25(30)20(14-19-10-7-11-22(19)28)18-12-13-23(31-3)21(26)15-18/h4-6,8-9,12-13,15-16,19-20H,7,10-11,14H2,1-3H3/t16?,19-,20-/m1/s1. The molecule has 1 unspecified atom stereocenters. The van der Waals surface area contributed by atoms with Gasteiger partial charge in [-0.3, -0.25) is 14.4 Å². The Balaban J connectivity index is 1.88. The number of thioether (sulfide) groups is 1. The fraction of sp³-hybridized carbons (Fsp3) is 0.400. The van der Waals surface area contributed by atoms with Gasteiger partial charge in [0.15, 0.2) is 5.78 Å². The van der Waals surface area contributed by atoms with E-state index in [2.05, 4.69) is 0 Å².